The van der Waals surface area contributed by atoms with Gasteiger partial charge < -0.3 is 51.6 Å². The molecule has 4 saturated heterocycles. The summed E-state index contributed by atoms with van der Waals surface area (Å²) < 4.78 is 21.3. The van der Waals surface area contributed by atoms with Gasteiger partial charge in [0.15, 0.2) is 0 Å². The second-order valence-electron chi connectivity index (χ2n) is 19.9. The third kappa shape index (κ3) is 8.48. The Morgan fingerprint density at radius 1 is 0.966 bits per heavy atom. The number of carbonyl (C=O) groups is 2. The first-order valence-corrected chi connectivity index (χ1v) is 23.1. The molecule has 8 aliphatic rings. The second-order valence-corrected chi connectivity index (χ2v) is 19.9. The summed E-state index contributed by atoms with van der Waals surface area (Å²) in [5, 5.41) is 41.1. The van der Waals surface area contributed by atoms with E-state index < -0.39 is 54.1 Å². The SMILES string of the molecule is CC=C(C(=O)O[C@H]1CC2C(O)C3C(=O)CC(CO)OC3C3C2O[C@@]1(C)[C@H](CC1CCC(N)NC1)CC#C[C@H](C1CCCC(O)C1)C3C1CCNC(N)C1)C1CCCC1. The number of ether oxygens (including phenoxy) is 3. The number of nitrogens with one attached hydrogen (secondary N) is 2. The van der Waals surface area contributed by atoms with E-state index in [0.29, 0.717) is 31.6 Å². The van der Waals surface area contributed by atoms with Gasteiger partial charge in [0.2, 0.25) is 0 Å². The van der Waals surface area contributed by atoms with Crippen molar-refractivity contribution in [3.8, 4) is 11.8 Å². The monoisotopic (exact) mass is 809 g/mol. The van der Waals surface area contributed by atoms with Gasteiger partial charge in [0, 0.05) is 42.1 Å². The zero-order valence-electron chi connectivity index (χ0n) is 34.9. The highest BCUT2D eigenvalue weighted by atomic mass is 16.6. The molecule has 9 N–H and O–H groups in total. The standard InChI is InChI=1S/C46H72N4O8/c1-3-32(26-8-4-5-9-26)45(55)57-36-22-34-42(54)40-35(53)21-31(24-51)56-44(40)41-39(28-16-17-49-38(48)20-28)33(27-10-6-12-30(52)19-27)13-7-11-29(46(36,2)58-43(34)41)18-25-14-15-37(47)50-23-25/h3,25-31,33-34,36-44,49-52,54H,4-6,8-12,14-24,47-48H2,1-2H3/t25?,27?,28?,29-,30?,31?,33+,34?,36-,37?,38?,39?,40?,41?,42?,43?,44?,46-/m0/s1. The molecule has 3 aliphatic carbocycles. The van der Waals surface area contributed by atoms with E-state index in [2.05, 4.69) is 29.4 Å². The van der Waals surface area contributed by atoms with E-state index in [-0.39, 0.29) is 78.5 Å². The van der Waals surface area contributed by atoms with Gasteiger partial charge in [-0.15, -0.1) is 5.92 Å². The van der Waals surface area contributed by atoms with Crippen LogP contribution in [0.15, 0.2) is 11.6 Å². The fraction of sp³-hybridized carbons (Fsp3) is 0.870. The fourth-order valence-corrected chi connectivity index (χ4v) is 13.5. The first-order chi connectivity index (χ1) is 28.0. The van der Waals surface area contributed by atoms with Crippen molar-refractivity contribution in [2.45, 2.75) is 171 Å². The number of nitrogens with two attached hydrogens (primary N) is 2. The van der Waals surface area contributed by atoms with Gasteiger partial charge in [-0.05, 0) is 127 Å². The lowest BCUT2D eigenvalue weighted by Crippen LogP contribution is -2.71. The molecule has 0 aromatic heterocycles. The minimum atomic E-state index is -1.08. The summed E-state index contributed by atoms with van der Waals surface area (Å²) in [5.74, 6) is 5.95. The largest absolute Gasteiger partial charge is 0.456 e. The Labute approximate surface area is 345 Å². The quantitative estimate of drug-likeness (QED) is 0.108. The van der Waals surface area contributed by atoms with Crippen molar-refractivity contribution in [2.24, 2.45) is 70.6 Å². The lowest BCUT2D eigenvalue weighted by molar-refractivity contribution is -0.304. The first kappa shape index (κ1) is 42.8. The summed E-state index contributed by atoms with van der Waals surface area (Å²) >= 11 is 0. The number of ketones is 1. The number of Topliss-reactive ketones (excluding diaryl/α,β-unsaturated/α-hetero) is 1. The van der Waals surface area contributed by atoms with E-state index in [4.69, 9.17) is 25.7 Å². The molecule has 0 aromatic rings. The number of hydrogen-bond acceptors (Lipinski definition) is 12. The Kier molecular flexibility index (Phi) is 13.4. The molecule has 0 amide bonds. The van der Waals surface area contributed by atoms with Gasteiger partial charge in [-0.25, -0.2) is 4.79 Å². The van der Waals surface area contributed by atoms with Crippen LogP contribution in [0.1, 0.15) is 117 Å². The summed E-state index contributed by atoms with van der Waals surface area (Å²) in [6.07, 6.45) is 10.2. The summed E-state index contributed by atoms with van der Waals surface area (Å²) in [5.41, 5.74) is 12.7. The van der Waals surface area contributed by atoms with Gasteiger partial charge in [0.05, 0.1) is 55.4 Å². The number of aliphatic hydroxyl groups is 3. The van der Waals surface area contributed by atoms with E-state index in [1.165, 1.54) is 0 Å². The van der Waals surface area contributed by atoms with Crippen LogP contribution in [0.25, 0.3) is 0 Å². The van der Waals surface area contributed by atoms with Gasteiger partial charge in [0.25, 0.3) is 0 Å². The number of piperidine rings is 2. The third-order valence-electron chi connectivity index (χ3n) is 16.5. The van der Waals surface area contributed by atoms with Crippen LogP contribution in [-0.2, 0) is 23.8 Å². The normalized spacial score (nSPS) is 47.7. The van der Waals surface area contributed by atoms with Crippen molar-refractivity contribution < 1.29 is 39.1 Å². The molecular weight excluding hydrogens is 737 g/mol. The summed E-state index contributed by atoms with van der Waals surface area (Å²) in [6.45, 7) is 5.28. The minimum absolute atomic E-state index is 0.0315. The fourth-order valence-electron chi connectivity index (χ4n) is 13.5. The maximum atomic E-state index is 14.4. The first-order valence-electron chi connectivity index (χ1n) is 23.1. The summed E-state index contributed by atoms with van der Waals surface area (Å²) in [6, 6.07) is 0. The maximum absolute atomic E-state index is 14.4. The number of fused-ring (bicyclic) bond motifs is 3. The molecule has 324 valence electrons. The molecule has 12 heteroatoms. The van der Waals surface area contributed by atoms with Crippen LogP contribution >= 0.6 is 0 Å². The molecule has 3 saturated carbocycles. The van der Waals surface area contributed by atoms with Crippen LogP contribution in [0, 0.1) is 71.0 Å². The van der Waals surface area contributed by atoms with Gasteiger partial charge in [-0.2, -0.15) is 0 Å². The van der Waals surface area contributed by atoms with E-state index in [1.54, 1.807) is 0 Å². The second kappa shape index (κ2) is 18.2. The van der Waals surface area contributed by atoms with E-state index in [0.717, 1.165) is 89.3 Å². The lowest BCUT2D eigenvalue weighted by atomic mass is 9.53. The molecule has 5 aliphatic heterocycles. The van der Waals surface area contributed by atoms with Crippen molar-refractivity contribution in [1.29, 1.82) is 0 Å². The molecule has 2 bridgehead atoms. The van der Waals surface area contributed by atoms with Crippen LogP contribution in [0.3, 0.4) is 0 Å². The Morgan fingerprint density at radius 3 is 2.48 bits per heavy atom. The molecule has 8 rings (SSSR count). The summed E-state index contributed by atoms with van der Waals surface area (Å²) in [4.78, 5) is 28.7. The molecule has 0 radical (unpaired) electrons. The molecule has 14 unspecified atom stereocenters. The highest BCUT2D eigenvalue weighted by Gasteiger charge is 2.65. The predicted octanol–water partition coefficient (Wildman–Crippen LogP) is 3.29. The minimum Gasteiger partial charge on any atom is -0.456 e. The number of rotatable bonds is 8. The number of carbonyl (C=O) groups excluding carboxylic acids is 2. The molecule has 0 aromatic carbocycles. The Hall–Kier alpha value is -1.92. The average molecular weight is 809 g/mol. The topological polar surface area (TPSA) is 199 Å². The zero-order valence-corrected chi connectivity index (χ0v) is 34.9. The molecule has 5 heterocycles. The van der Waals surface area contributed by atoms with Crippen LogP contribution < -0.4 is 22.1 Å². The van der Waals surface area contributed by atoms with Gasteiger partial charge in [-0.1, -0.05) is 31.3 Å². The number of allylic oxidation sites excluding steroid dienone is 1. The van der Waals surface area contributed by atoms with Gasteiger partial charge >= 0.3 is 5.97 Å². The average Bonchev–Trinajstić information content (AvgIpc) is 3.74. The van der Waals surface area contributed by atoms with Crippen LogP contribution in [-0.4, -0.2) is 101 Å². The van der Waals surface area contributed by atoms with E-state index in [9.17, 15) is 24.9 Å². The molecule has 18 atom stereocenters. The Bertz CT molecular complexity index is 1550. The van der Waals surface area contributed by atoms with Crippen molar-refractivity contribution in [3.05, 3.63) is 11.6 Å². The molecule has 58 heavy (non-hydrogen) atoms. The maximum Gasteiger partial charge on any atom is 0.334 e. The highest BCUT2D eigenvalue weighted by molar-refractivity contribution is 5.89. The highest BCUT2D eigenvalue weighted by Crippen LogP contribution is 2.57. The molecule has 12 nitrogen and oxygen atoms in total. The van der Waals surface area contributed by atoms with Crippen LogP contribution in [0.2, 0.25) is 0 Å². The Morgan fingerprint density at radius 2 is 1.78 bits per heavy atom. The van der Waals surface area contributed by atoms with E-state index >= 15 is 0 Å². The van der Waals surface area contributed by atoms with Crippen LogP contribution in [0.4, 0.5) is 0 Å². The molecule has 7 fully saturated rings. The molecular formula is C46H72N4O8. The number of esters is 1. The Balaban J connectivity index is 1.27. The smallest absolute Gasteiger partial charge is 0.334 e. The third-order valence-corrected chi connectivity index (χ3v) is 16.5. The van der Waals surface area contributed by atoms with Gasteiger partial charge in [0.1, 0.15) is 17.5 Å². The van der Waals surface area contributed by atoms with Crippen molar-refractivity contribution in [1.82, 2.24) is 10.6 Å². The van der Waals surface area contributed by atoms with Crippen LogP contribution in [0.5, 0.6) is 0 Å². The van der Waals surface area contributed by atoms with Crippen molar-refractivity contribution in [3.63, 3.8) is 0 Å². The lowest BCUT2D eigenvalue weighted by Gasteiger charge is -2.62. The number of aliphatic hydroxyl groups excluding tert-OH is 3. The number of hydrogen-bond donors (Lipinski definition) is 7. The van der Waals surface area contributed by atoms with Crippen molar-refractivity contribution >= 4 is 11.8 Å². The summed E-state index contributed by atoms with van der Waals surface area (Å²) in [7, 11) is 0. The molecule has 0 spiro atoms. The zero-order chi connectivity index (χ0) is 40.7. The predicted molar refractivity (Wildman–Crippen MR) is 218 cm³/mol. The van der Waals surface area contributed by atoms with Crippen molar-refractivity contribution in [2.75, 3.05) is 19.7 Å². The van der Waals surface area contributed by atoms with E-state index in [1.807, 2.05) is 13.0 Å². The van der Waals surface area contributed by atoms with Gasteiger partial charge in [-0.3, -0.25) is 4.79 Å².